The molecule has 4 rings (SSSR count). The number of benzene rings is 2. The molecular formula is C46H65N11O11S3. The number of amides is 10. The lowest BCUT2D eigenvalue weighted by Gasteiger charge is -2.31. The summed E-state index contributed by atoms with van der Waals surface area (Å²) in [6, 6.07) is 4.32. The van der Waals surface area contributed by atoms with Crippen molar-refractivity contribution in [1.29, 1.82) is 0 Å². The van der Waals surface area contributed by atoms with Crippen molar-refractivity contribution in [2.45, 2.75) is 107 Å². The van der Waals surface area contributed by atoms with Crippen molar-refractivity contribution in [1.82, 2.24) is 42.1 Å². The van der Waals surface area contributed by atoms with Crippen LogP contribution in [0.3, 0.4) is 0 Å². The van der Waals surface area contributed by atoms with Gasteiger partial charge in [0.2, 0.25) is 59.1 Å². The molecule has 25 heteroatoms. The highest BCUT2D eigenvalue weighted by molar-refractivity contribution is 8.76. The maximum Gasteiger partial charge on any atom is 0.246 e. The highest BCUT2D eigenvalue weighted by Crippen LogP contribution is 2.26. The van der Waals surface area contributed by atoms with E-state index in [1.54, 1.807) is 56.3 Å². The van der Waals surface area contributed by atoms with Crippen LogP contribution in [-0.2, 0) is 60.8 Å². The third kappa shape index (κ3) is 18.9. The number of phenols is 1. The minimum absolute atomic E-state index is 0.0271. The molecule has 8 atom stereocenters. The Morgan fingerprint density at radius 1 is 0.761 bits per heavy atom. The van der Waals surface area contributed by atoms with E-state index in [9.17, 15) is 53.1 Å². The first-order valence-electron chi connectivity index (χ1n) is 23.0. The molecule has 388 valence electrons. The molecule has 0 bridgehead atoms. The summed E-state index contributed by atoms with van der Waals surface area (Å²) >= 11 is 1.42. The van der Waals surface area contributed by atoms with Crippen molar-refractivity contribution in [2.24, 2.45) is 23.1 Å². The second-order valence-corrected chi connectivity index (χ2v) is 21.1. The quantitative estimate of drug-likeness (QED) is 0.0770. The SMILES string of the molecule is CSCC[C@H](NC(=O)[C@@H]1CCCN1C(=O)[C@@H]1CSSC[C@H](N)C(=O)N[C@@H](Cc2ccc(O)cc2)C(=O)N[C@@H](Cc2ccccc2)C(=O)N[C@@H](CC(C)C)C(=O)N[C@@H](CC(N)=O)C(=O)N1)C(=O)NCC(N)=O. The maximum atomic E-state index is 14.5. The molecule has 2 heterocycles. The third-order valence-corrected chi connectivity index (χ3v) is 14.4. The summed E-state index contributed by atoms with van der Waals surface area (Å²) in [5.74, 6) is -7.96. The molecule has 0 unspecified atom stereocenters. The number of nitrogens with zero attached hydrogens (tertiary/aromatic N) is 1. The lowest BCUT2D eigenvalue weighted by atomic mass is 9.99. The predicted molar refractivity (Wildman–Crippen MR) is 270 cm³/mol. The van der Waals surface area contributed by atoms with Gasteiger partial charge in [-0.3, -0.25) is 47.9 Å². The number of nitrogens with two attached hydrogens (primary N) is 3. The van der Waals surface area contributed by atoms with E-state index in [0.29, 0.717) is 23.3 Å². The molecule has 0 spiro atoms. The van der Waals surface area contributed by atoms with E-state index in [1.807, 2.05) is 6.26 Å². The topological polar surface area (TPSA) is 356 Å². The van der Waals surface area contributed by atoms with E-state index in [1.165, 1.54) is 28.8 Å². The molecule has 2 saturated heterocycles. The number of primary amides is 2. The smallest absolute Gasteiger partial charge is 0.246 e. The molecule has 22 nitrogen and oxygen atoms in total. The van der Waals surface area contributed by atoms with Crippen LogP contribution in [0, 0.1) is 5.92 Å². The molecule has 2 aliphatic heterocycles. The molecule has 0 aromatic heterocycles. The monoisotopic (exact) mass is 1040 g/mol. The molecule has 71 heavy (non-hydrogen) atoms. The van der Waals surface area contributed by atoms with Crippen LogP contribution in [0.5, 0.6) is 5.75 Å². The molecule has 14 N–H and O–H groups in total. The van der Waals surface area contributed by atoms with Crippen LogP contribution in [0.25, 0.3) is 0 Å². The Kier molecular flexibility index (Phi) is 23.3. The highest BCUT2D eigenvalue weighted by atomic mass is 33.1. The second-order valence-electron chi connectivity index (χ2n) is 17.6. The number of thioether (sulfide) groups is 1. The van der Waals surface area contributed by atoms with E-state index in [4.69, 9.17) is 17.2 Å². The number of hydrogen-bond acceptors (Lipinski definition) is 15. The highest BCUT2D eigenvalue weighted by Gasteiger charge is 2.40. The number of aromatic hydroxyl groups is 1. The number of hydrogen-bond donors (Lipinski definition) is 11. The fraction of sp³-hybridized carbons (Fsp3) is 0.522. The summed E-state index contributed by atoms with van der Waals surface area (Å²) < 4.78 is 0. The van der Waals surface area contributed by atoms with E-state index in [0.717, 1.165) is 21.6 Å². The molecular weight excluding hydrogens is 979 g/mol. The number of phenolic OH excluding ortho intramolecular Hbond substituents is 1. The molecule has 2 fully saturated rings. The summed E-state index contributed by atoms with van der Waals surface area (Å²) in [6.07, 6.45) is 1.77. The number of nitrogens with one attached hydrogen (secondary N) is 7. The summed E-state index contributed by atoms with van der Waals surface area (Å²) in [4.78, 5) is 137. The molecule has 2 aromatic rings. The van der Waals surface area contributed by atoms with Crippen LogP contribution in [0.2, 0.25) is 0 Å². The van der Waals surface area contributed by atoms with Crippen LogP contribution in [-0.4, -0.2) is 154 Å². The molecule has 0 aliphatic carbocycles. The fourth-order valence-corrected chi connectivity index (χ4v) is 10.4. The van der Waals surface area contributed by atoms with Gasteiger partial charge in [0.05, 0.1) is 19.0 Å². The molecule has 0 radical (unpaired) electrons. The normalized spacial score (nSPS) is 23.5. The van der Waals surface area contributed by atoms with E-state index >= 15 is 0 Å². The zero-order valence-corrected chi connectivity index (χ0v) is 42.3. The summed E-state index contributed by atoms with van der Waals surface area (Å²) in [5.41, 5.74) is 18.3. The predicted octanol–water partition coefficient (Wildman–Crippen LogP) is -1.92. The Hall–Kier alpha value is -6.05. The maximum absolute atomic E-state index is 14.5. The minimum Gasteiger partial charge on any atom is -0.508 e. The van der Waals surface area contributed by atoms with Crippen LogP contribution in [0.15, 0.2) is 54.6 Å². The first-order valence-corrected chi connectivity index (χ1v) is 26.9. The molecule has 2 aliphatic rings. The summed E-state index contributed by atoms with van der Waals surface area (Å²) in [5, 5.41) is 28.3. The number of carbonyl (C=O) groups is 10. The van der Waals surface area contributed by atoms with Crippen LogP contribution in [0.1, 0.15) is 57.1 Å². The minimum atomic E-state index is -1.66. The van der Waals surface area contributed by atoms with E-state index in [-0.39, 0.29) is 61.8 Å². The standard InChI is InChI=1S/C46H65N11O11S3/c1-25(2)18-31-41(63)55-34(21-37(48)59)44(66)56-35(46(68)57-16-7-10-36(57)45(67)51-30(15-17-69-3)40(62)50-22-38(49)60)24-71-70-23-29(47)39(61)52-32(20-27-11-13-28(58)14-12-27)42(64)54-33(43(65)53-31)19-26-8-5-4-6-9-26/h4-6,8-9,11-14,25,29-36,58H,7,10,15-24,47H2,1-3H3,(H2,48,59)(H2,49,60)(H,50,62)(H,51,67)(H,52,61)(H,53,65)(H,54,64)(H,55,63)(H,56,66)/t29-,30-,31-,32-,33-,34-,35-,36-/m0/s1. The van der Waals surface area contributed by atoms with Crippen molar-refractivity contribution in [2.75, 3.05) is 36.6 Å². The van der Waals surface area contributed by atoms with Crippen molar-refractivity contribution >= 4 is 92.4 Å². The van der Waals surface area contributed by atoms with Gasteiger partial charge >= 0.3 is 0 Å². The van der Waals surface area contributed by atoms with Crippen molar-refractivity contribution in [3.8, 4) is 5.75 Å². The first-order chi connectivity index (χ1) is 33.8. The summed E-state index contributed by atoms with van der Waals surface area (Å²) in [6.45, 7) is 3.20. The van der Waals surface area contributed by atoms with Gasteiger partial charge in [-0.15, -0.1) is 0 Å². The Balaban J connectivity index is 1.70. The average molecular weight is 1040 g/mol. The zero-order valence-electron chi connectivity index (χ0n) is 39.8. The van der Waals surface area contributed by atoms with E-state index in [2.05, 4.69) is 37.2 Å². The van der Waals surface area contributed by atoms with Crippen LogP contribution >= 0.6 is 33.3 Å². The van der Waals surface area contributed by atoms with Gasteiger partial charge in [-0.25, -0.2) is 0 Å². The Bertz CT molecular complexity index is 2210. The van der Waals surface area contributed by atoms with Gasteiger partial charge < -0.3 is 64.4 Å². The van der Waals surface area contributed by atoms with Crippen molar-refractivity contribution in [3.63, 3.8) is 0 Å². The van der Waals surface area contributed by atoms with Crippen molar-refractivity contribution in [3.05, 3.63) is 65.7 Å². The van der Waals surface area contributed by atoms with Crippen LogP contribution < -0.4 is 54.4 Å². The summed E-state index contributed by atoms with van der Waals surface area (Å²) in [7, 11) is 2.11. The molecule has 0 saturated carbocycles. The lowest BCUT2D eigenvalue weighted by molar-refractivity contribution is -0.142. The fourth-order valence-electron chi connectivity index (χ4n) is 7.68. The van der Waals surface area contributed by atoms with Gasteiger partial charge in [-0.1, -0.05) is 77.9 Å². The van der Waals surface area contributed by atoms with Gasteiger partial charge in [0.1, 0.15) is 48.0 Å². The number of rotatable bonds is 17. The Labute approximate surface area is 424 Å². The Morgan fingerprint density at radius 3 is 1.93 bits per heavy atom. The van der Waals surface area contributed by atoms with Crippen LogP contribution in [0.4, 0.5) is 0 Å². The zero-order chi connectivity index (χ0) is 52.2. The number of carbonyl (C=O) groups excluding carboxylic acids is 10. The van der Waals surface area contributed by atoms with Gasteiger partial charge in [0, 0.05) is 30.9 Å². The molecule has 10 amide bonds. The average Bonchev–Trinajstić information content (AvgIpc) is 3.82. The second kappa shape index (κ2) is 28.7. The molecule has 2 aromatic carbocycles. The van der Waals surface area contributed by atoms with Gasteiger partial charge in [0.15, 0.2) is 0 Å². The Morgan fingerprint density at radius 2 is 1.32 bits per heavy atom. The van der Waals surface area contributed by atoms with Gasteiger partial charge in [-0.2, -0.15) is 11.8 Å². The third-order valence-electron chi connectivity index (χ3n) is 11.3. The largest absolute Gasteiger partial charge is 0.508 e. The van der Waals surface area contributed by atoms with E-state index < -0.39 is 120 Å². The lowest BCUT2D eigenvalue weighted by Crippen LogP contribution is -2.61. The van der Waals surface area contributed by atoms with Crippen molar-refractivity contribution < 1.29 is 53.1 Å². The number of likely N-dealkylation sites (tertiary alicyclic amines) is 1. The first kappa shape index (κ1) is 57.5. The van der Waals surface area contributed by atoms with Gasteiger partial charge in [0.25, 0.3) is 0 Å². The van der Waals surface area contributed by atoms with Gasteiger partial charge in [-0.05, 0) is 66.9 Å².